The van der Waals surface area contributed by atoms with Gasteiger partial charge in [0.05, 0.1) is 13.1 Å². The van der Waals surface area contributed by atoms with Crippen molar-refractivity contribution in [3.8, 4) is 0 Å². The number of aliphatic imine (C=N–C) groups is 1. The van der Waals surface area contributed by atoms with Crippen molar-refractivity contribution in [1.82, 2.24) is 10.3 Å². The quantitative estimate of drug-likeness (QED) is 0.594. The smallest absolute Gasteiger partial charge is 0.332 e. The molecule has 2 aliphatic rings. The van der Waals surface area contributed by atoms with Crippen LogP contribution in [0.5, 0.6) is 0 Å². The molecule has 13 heavy (non-hydrogen) atoms. The summed E-state index contributed by atoms with van der Waals surface area (Å²) in [6, 6.07) is 0. The second-order valence-electron chi connectivity index (χ2n) is 2.80. The number of rotatable bonds is 0. The summed E-state index contributed by atoms with van der Waals surface area (Å²) in [4.78, 5) is 4.95. The number of hydrogen-bond acceptors (Lipinski definition) is 4. The monoisotopic (exact) mass is 192 g/mol. The van der Waals surface area contributed by atoms with Gasteiger partial charge in [0.15, 0.2) is 0 Å². The largest absolute Gasteiger partial charge is 0.430 e. The SMILES string of the molecule is FC(F)(F)C1=NCC2=NNCN2C1. The number of amidine groups is 1. The van der Waals surface area contributed by atoms with Crippen LogP contribution in [0.3, 0.4) is 0 Å². The minimum atomic E-state index is -4.31. The van der Waals surface area contributed by atoms with Gasteiger partial charge in [-0.05, 0) is 0 Å². The number of hydrogen-bond donors (Lipinski definition) is 1. The number of alkyl halides is 3. The van der Waals surface area contributed by atoms with Gasteiger partial charge < -0.3 is 4.90 Å². The minimum absolute atomic E-state index is 0.0157. The van der Waals surface area contributed by atoms with Crippen molar-refractivity contribution in [3.05, 3.63) is 0 Å². The van der Waals surface area contributed by atoms with Gasteiger partial charge in [0.1, 0.15) is 18.2 Å². The molecular formula is C6H7F3N4. The van der Waals surface area contributed by atoms with E-state index in [2.05, 4.69) is 15.5 Å². The second kappa shape index (κ2) is 2.61. The summed E-state index contributed by atoms with van der Waals surface area (Å²) < 4.78 is 36.5. The van der Waals surface area contributed by atoms with E-state index in [4.69, 9.17) is 0 Å². The maximum Gasteiger partial charge on any atom is 0.430 e. The van der Waals surface area contributed by atoms with E-state index in [0.717, 1.165) is 0 Å². The van der Waals surface area contributed by atoms with Crippen LogP contribution in [0, 0.1) is 0 Å². The van der Waals surface area contributed by atoms with Crippen LogP contribution in [-0.4, -0.2) is 42.4 Å². The Morgan fingerprint density at radius 3 is 2.85 bits per heavy atom. The van der Waals surface area contributed by atoms with E-state index in [-0.39, 0.29) is 13.1 Å². The lowest BCUT2D eigenvalue weighted by Gasteiger charge is -2.24. The van der Waals surface area contributed by atoms with Gasteiger partial charge in [0.25, 0.3) is 0 Å². The zero-order valence-electron chi connectivity index (χ0n) is 6.60. The van der Waals surface area contributed by atoms with Crippen LogP contribution < -0.4 is 5.43 Å². The molecule has 0 aromatic heterocycles. The van der Waals surface area contributed by atoms with E-state index in [1.54, 1.807) is 0 Å². The number of halogens is 3. The second-order valence-corrected chi connectivity index (χ2v) is 2.80. The summed E-state index contributed by atoms with van der Waals surface area (Å²) in [5.74, 6) is 0.577. The third-order valence-electron chi connectivity index (χ3n) is 1.91. The van der Waals surface area contributed by atoms with Crippen molar-refractivity contribution < 1.29 is 13.2 Å². The molecule has 0 saturated carbocycles. The molecule has 0 fully saturated rings. The first-order chi connectivity index (χ1) is 6.07. The molecule has 0 aromatic rings. The van der Waals surface area contributed by atoms with Gasteiger partial charge in [-0.25, -0.2) is 0 Å². The molecule has 7 heteroatoms. The van der Waals surface area contributed by atoms with Crippen molar-refractivity contribution >= 4 is 11.5 Å². The lowest BCUT2D eigenvalue weighted by molar-refractivity contribution is -0.0612. The van der Waals surface area contributed by atoms with E-state index in [1.807, 2.05) is 0 Å². The molecular weight excluding hydrogens is 185 g/mol. The van der Waals surface area contributed by atoms with Crippen LogP contribution in [0.2, 0.25) is 0 Å². The molecule has 2 aliphatic heterocycles. The molecule has 4 nitrogen and oxygen atoms in total. The first kappa shape index (κ1) is 8.33. The normalized spacial score (nSPS) is 21.9. The summed E-state index contributed by atoms with van der Waals surface area (Å²) in [5, 5.41) is 3.79. The molecule has 0 aromatic carbocycles. The average Bonchev–Trinajstić information content (AvgIpc) is 2.47. The number of nitrogens with zero attached hydrogens (tertiary/aromatic N) is 3. The first-order valence-electron chi connectivity index (χ1n) is 3.72. The fraction of sp³-hybridized carbons (Fsp3) is 0.667. The van der Waals surface area contributed by atoms with Gasteiger partial charge in [-0.15, -0.1) is 0 Å². The molecule has 2 rings (SSSR count). The Kier molecular flexibility index (Phi) is 1.67. The highest BCUT2D eigenvalue weighted by molar-refractivity contribution is 6.00. The Hall–Kier alpha value is -1.27. The molecule has 0 amide bonds. The van der Waals surface area contributed by atoms with Crippen LogP contribution in [0.25, 0.3) is 0 Å². The summed E-state index contributed by atoms with van der Waals surface area (Å²) in [6.45, 7) is 0.154. The predicted molar refractivity (Wildman–Crippen MR) is 40.5 cm³/mol. The van der Waals surface area contributed by atoms with Crippen LogP contribution in [0.4, 0.5) is 13.2 Å². The summed E-state index contributed by atoms with van der Waals surface area (Å²) in [6.07, 6.45) is -4.31. The minimum Gasteiger partial charge on any atom is -0.332 e. The molecule has 2 heterocycles. The molecule has 0 atom stereocenters. The van der Waals surface area contributed by atoms with Crippen LogP contribution in [0.15, 0.2) is 10.1 Å². The highest BCUT2D eigenvalue weighted by atomic mass is 19.4. The Balaban J connectivity index is 2.16. The molecule has 0 unspecified atom stereocenters. The van der Waals surface area contributed by atoms with Crippen LogP contribution in [-0.2, 0) is 0 Å². The van der Waals surface area contributed by atoms with E-state index >= 15 is 0 Å². The van der Waals surface area contributed by atoms with Gasteiger partial charge >= 0.3 is 6.18 Å². The van der Waals surface area contributed by atoms with Gasteiger partial charge in [0.2, 0.25) is 0 Å². The maximum atomic E-state index is 12.2. The van der Waals surface area contributed by atoms with E-state index in [9.17, 15) is 13.2 Å². The van der Waals surface area contributed by atoms with E-state index < -0.39 is 11.9 Å². The Bertz CT molecular complexity index is 280. The highest BCUT2D eigenvalue weighted by Gasteiger charge is 2.39. The number of nitrogens with one attached hydrogen (secondary N) is 1. The average molecular weight is 192 g/mol. The van der Waals surface area contributed by atoms with Gasteiger partial charge in [-0.1, -0.05) is 0 Å². The molecule has 0 saturated heterocycles. The van der Waals surface area contributed by atoms with Gasteiger partial charge in [-0.2, -0.15) is 18.3 Å². The Labute approximate surface area is 72.1 Å². The van der Waals surface area contributed by atoms with Gasteiger partial charge in [0, 0.05) is 0 Å². The third-order valence-corrected chi connectivity index (χ3v) is 1.91. The van der Waals surface area contributed by atoms with Crippen molar-refractivity contribution in [2.45, 2.75) is 6.18 Å². The summed E-state index contributed by atoms with van der Waals surface area (Å²) >= 11 is 0. The molecule has 0 aliphatic carbocycles. The fourth-order valence-electron chi connectivity index (χ4n) is 1.23. The Morgan fingerprint density at radius 2 is 2.15 bits per heavy atom. The van der Waals surface area contributed by atoms with Crippen molar-refractivity contribution in [3.63, 3.8) is 0 Å². The van der Waals surface area contributed by atoms with Crippen molar-refractivity contribution in [2.24, 2.45) is 10.1 Å². The molecule has 0 radical (unpaired) electrons. The summed E-state index contributed by atoms with van der Waals surface area (Å²) in [5.41, 5.74) is 1.88. The summed E-state index contributed by atoms with van der Waals surface area (Å²) in [7, 11) is 0. The lowest BCUT2D eigenvalue weighted by atomic mass is 10.3. The topological polar surface area (TPSA) is 40.0 Å². The zero-order chi connectivity index (χ0) is 9.47. The fourth-order valence-corrected chi connectivity index (χ4v) is 1.23. The van der Waals surface area contributed by atoms with Crippen molar-refractivity contribution in [2.75, 3.05) is 19.8 Å². The van der Waals surface area contributed by atoms with E-state index in [1.165, 1.54) is 4.90 Å². The Morgan fingerprint density at radius 1 is 1.38 bits per heavy atom. The highest BCUT2D eigenvalue weighted by Crippen LogP contribution is 2.20. The third kappa shape index (κ3) is 1.45. The van der Waals surface area contributed by atoms with Crippen molar-refractivity contribution in [1.29, 1.82) is 0 Å². The van der Waals surface area contributed by atoms with Gasteiger partial charge in [-0.3, -0.25) is 10.4 Å². The number of hydrazone groups is 1. The molecule has 0 spiro atoms. The molecule has 0 bridgehead atoms. The zero-order valence-corrected chi connectivity index (χ0v) is 6.60. The maximum absolute atomic E-state index is 12.2. The predicted octanol–water partition coefficient (Wildman–Crippen LogP) is 0.179. The number of fused-ring (bicyclic) bond motifs is 1. The first-order valence-corrected chi connectivity index (χ1v) is 3.72. The van der Waals surface area contributed by atoms with E-state index in [0.29, 0.717) is 12.5 Å². The van der Waals surface area contributed by atoms with Crippen LogP contribution in [0.1, 0.15) is 0 Å². The lowest BCUT2D eigenvalue weighted by Crippen LogP contribution is -2.44. The molecule has 72 valence electrons. The molecule has 1 N–H and O–H groups in total. The van der Waals surface area contributed by atoms with Crippen LogP contribution >= 0.6 is 0 Å². The standard InChI is InChI=1S/C6H7F3N4/c7-6(8,9)4-2-13-3-11-12-5(13)1-10-4/h11H,1-3H2.